The van der Waals surface area contributed by atoms with Crippen molar-refractivity contribution >= 4 is 39.1 Å². The number of thiophene rings is 1. The Kier molecular flexibility index (Phi) is 9.07. The maximum atomic E-state index is 12.6. The molecule has 2 rings (SSSR count). The van der Waals surface area contributed by atoms with E-state index in [4.69, 9.17) is 0 Å². The van der Waals surface area contributed by atoms with Gasteiger partial charge in [0, 0.05) is 9.35 Å². The van der Waals surface area contributed by atoms with Crippen molar-refractivity contribution in [1.29, 1.82) is 0 Å². The second-order valence-electron chi connectivity index (χ2n) is 6.42. The molecule has 0 saturated carbocycles. The quantitative estimate of drug-likeness (QED) is 0.162. The number of rotatable bonds is 10. The highest BCUT2D eigenvalue weighted by Crippen LogP contribution is 2.29. The molecule has 1 aromatic heterocycles. The predicted molar refractivity (Wildman–Crippen MR) is 118 cm³/mol. The summed E-state index contributed by atoms with van der Waals surface area (Å²) in [6.45, 7) is 4.37. The smallest absolute Gasteiger partial charge is 0.195 e. The average Bonchev–Trinajstić information content (AvgIpc) is 3.01. The highest BCUT2D eigenvalue weighted by molar-refractivity contribution is 9.10. The Morgan fingerprint density at radius 1 is 1.08 bits per heavy atom. The molecule has 0 unspecified atom stereocenters. The van der Waals surface area contributed by atoms with Crippen LogP contribution in [0, 0.1) is 0 Å². The fourth-order valence-electron chi connectivity index (χ4n) is 2.74. The van der Waals surface area contributed by atoms with Gasteiger partial charge in [-0.25, -0.2) is 0 Å². The van der Waals surface area contributed by atoms with Crippen LogP contribution >= 0.6 is 27.3 Å². The number of carbonyl (C=O) groups is 1. The van der Waals surface area contributed by atoms with Crippen LogP contribution in [-0.2, 0) is 6.42 Å². The molecule has 0 bridgehead atoms. The van der Waals surface area contributed by atoms with Crippen molar-refractivity contribution in [2.24, 2.45) is 0 Å². The second kappa shape index (κ2) is 11.3. The molecule has 0 N–H and O–H groups in total. The number of carbonyl (C=O) groups excluding carboxylic acids is 1. The number of allylic oxidation sites excluding steroid dienone is 3. The fourth-order valence-corrected chi connectivity index (χ4v) is 4.63. The Bertz CT molecular complexity index is 756. The van der Waals surface area contributed by atoms with E-state index in [-0.39, 0.29) is 5.78 Å². The number of aryl methyl sites for hydroxylation is 1. The van der Waals surface area contributed by atoms with Crippen LogP contribution < -0.4 is 0 Å². The van der Waals surface area contributed by atoms with Crippen molar-refractivity contribution in [3.8, 4) is 0 Å². The Labute approximate surface area is 170 Å². The van der Waals surface area contributed by atoms with Crippen molar-refractivity contribution in [3.05, 3.63) is 73.9 Å². The van der Waals surface area contributed by atoms with Gasteiger partial charge in [0.15, 0.2) is 5.78 Å². The standard InChI is InChI=1S/C23H27BrOS/c1-3-5-7-11-19(16-18-12-8-6-9-13-18)14-15-21(25)23-17-20(24)22(26-23)10-4-2/h6,8-9,12-17H,3-5,7,10-11H2,1-2H3/b15-14+,19-16-. The van der Waals surface area contributed by atoms with Crippen LogP contribution in [-0.4, -0.2) is 5.78 Å². The van der Waals surface area contributed by atoms with Gasteiger partial charge in [-0.15, -0.1) is 11.3 Å². The minimum atomic E-state index is 0.0903. The lowest BCUT2D eigenvalue weighted by molar-refractivity contribution is 0.105. The van der Waals surface area contributed by atoms with Crippen LogP contribution in [0.5, 0.6) is 0 Å². The molecule has 138 valence electrons. The summed E-state index contributed by atoms with van der Waals surface area (Å²) in [4.78, 5) is 14.6. The van der Waals surface area contributed by atoms with E-state index in [9.17, 15) is 4.79 Å². The number of halogens is 1. The first kappa shape index (κ1) is 20.9. The lowest BCUT2D eigenvalue weighted by atomic mass is 10.0. The molecule has 0 aliphatic carbocycles. The molecule has 0 spiro atoms. The summed E-state index contributed by atoms with van der Waals surface area (Å²) >= 11 is 5.18. The van der Waals surface area contributed by atoms with Crippen molar-refractivity contribution in [3.63, 3.8) is 0 Å². The Morgan fingerprint density at radius 3 is 2.54 bits per heavy atom. The lowest BCUT2D eigenvalue weighted by Gasteiger charge is -2.03. The van der Waals surface area contributed by atoms with E-state index in [2.05, 4.69) is 48.0 Å². The summed E-state index contributed by atoms with van der Waals surface area (Å²) in [6, 6.07) is 12.3. The zero-order valence-electron chi connectivity index (χ0n) is 15.6. The van der Waals surface area contributed by atoms with E-state index < -0.39 is 0 Å². The minimum absolute atomic E-state index is 0.0903. The third-order valence-electron chi connectivity index (χ3n) is 4.15. The number of ketones is 1. The first-order valence-electron chi connectivity index (χ1n) is 9.40. The van der Waals surface area contributed by atoms with Gasteiger partial charge in [-0.1, -0.05) is 75.6 Å². The van der Waals surface area contributed by atoms with Gasteiger partial charge in [-0.05, 0) is 58.5 Å². The highest BCUT2D eigenvalue weighted by atomic mass is 79.9. The van der Waals surface area contributed by atoms with Crippen LogP contribution in [0.1, 0.15) is 66.1 Å². The van der Waals surface area contributed by atoms with Gasteiger partial charge in [-0.2, -0.15) is 0 Å². The highest BCUT2D eigenvalue weighted by Gasteiger charge is 2.11. The topological polar surface area (TPSA) is 17.1 Å². The van der Waals surface area contributed by atoms with Crippen molar-refractivity contribution < 1.29 is 4.79 Å². The zero-order valence-corrected chi connectivity index (χ0v) is 18.0. The van der Waals surface area contributed by atoms with Gasteiger partial charge >= 0.3 is 0 Å². The zero-order chi connectivity index (χ0) is 18.8. The molecule has 1 aromatic carbocycles. The van der Waals surface area contributed by atoms with Crippen molar-refractivity contribution in [2.45, 2.75) is 52.4 Å². The molecular formula is C23H27BrOS. The summed E-state index contributed by atoms with van der Waals surface area (Å²) in [7, 11) is 0. The molecule has 0 amide bonds. The Morgan fingerprint density at radius 2 is 1.85 bits per heavy atom. The largest absolute Gasteiger partial charge is 0.288 e. The van der Waals surface area contributed by atoms with E-state index in [1.54, 1.807) is 17.4 Å². The molecule has 1 heterocycles. The molecule has 0 saturated heterocycles. The fraction of sp³-hybridized carbons (Fsp3) is 0.348. The van der Waals surface area contributed by atoms with Gasteiger partial charge in [0.1, 0.15) is 0 Å². The van der Waals surface area contributed by atoms with E-state index in [0.29, 0.717) is 0 Å². The van der Waals surface area contributed by atoms with Gasteiger partial charge in [0.25, 0.3) is 0 Å². The number of hydrogen-bond acceptors (Lipinski definition) is 2. The predicted octanol–water partition coefficient (Wildman–Crippen LogP) is 7.87. The number of benzene rings is 1. The van der Waals surface area contributed by atoms with Crippen LogP contribution in [0.3, 0.4) is 0 Å². The first-order valence-corrected chi connectivity index (χ1v) is 11.0. The normalized spacial score (nSPS) is 12.0. The van der Waals surface area contributed by atoms with Crippen molar-refractivity contribution in [1.82, 2.24) is 0 Å². The molecule has 0 atom stereocenters. The molecule has 3 heteroatoms. The van der Waals surface area contributed by atoms with Crippen molar-refractivity contribution in [2.75, 3.05) is 0 Å². The van der Waals surface area contributed by atoms with Gasteiger partial charge in [0.05, 0.1) is 4.88 Å². The van der Waals surface area contributed by atoms with Crippen LogP contribution in [0.2, 0.25) is 0 Å². The SMILES string of the molecule is CCCCCC(=C/c1ccccc1)/C=C/C(=O)c1cc(Br)c(CCC)s1. The summed E-state index contributed by atoms with van der Waals surface area (Å²) in [5, 5.41) is 0. The van der Waals surface area contributed by atoms with Crippen LogP contribution in [0.25, 0.3) is 6.08 Å². The molecule has 26 heavy (non-hydrogen) atoms. The van der Waals surface area contributed by atoms with Crippen LogP contribution in [0.15, 0.2) is 58.6 Å². The van der Waals surface area contributed by atoms with Gasteiger partial charge < -0.3 is 0 Å². The average molecular weight is 431 g/mol. The van der Waals surface area contributed by atoms with E-state index in [1.807, 2.05) is 30.3 Å². The number of hydrogen-bond donors (Lipinski definition) is 0. The van der Waals surface area contributed by atoms with E-state index >= 15 is 0 Å². The molecular weight excluding hydrogens is 404 g/mol. The minimum Gasteiger partial charge on any atom is -0.288 e. The Balaban J connectivity index is 2.14. The van der Waals surface area contributed by atoms with Gasteiger partial charge in [0.2, 0.25) is 0 Å². The third kappa shape index (κ3) is 6.69. The molecule has 1 nitrogen and oxygen atoms in total. The summed E-state index contributed by atoms with van der Waals surface area (Å²) in [5.41, 5.74) is 2.39. The molecule has 0 fully saturated rings. The molecule has 2 aromatic rings. The summed E-state index contributed by atoms with van der Waals surface area (Å²) < 4.78 is 1.06. The molecule has 0 radical (unpaired) electrons. The molecule has 0 aliphatic heterocycles. The van der Waals surface area contributed by atoms with Gasteiger partial charge in [-0.3, -0.25) is 4.79 Å². The van der Waals surface area contributed by atoms with E-state index in [1.165, 1.54) is 28.9 Å². The molecule has 0 aliphatic rings. The third-order valence-corrected chi connectivity index (χ3v) is 6.33. The maximum absolute atomic E-state index is 12.6. The van der Waals surface area contributed by atoms with Crippen LogP contribution in [0.4, 0.5) is 0 Å². The maximum Gasteiger partial charge on any atom is 0.195 e. The number of unbranched alkanes of at least 4 members (excludes halogenated alkanes) is 2. The van der Waals surface area contributed by atoms with E-state index in [0.717, 1.165) is 35.0 Å². The second-order valence-corrected chi connectivity index (χ2v) is 8.41. The summed E-state index contributed by atoms with van der Waals surface area (Å²) in [5.74, 6) is 0.0903. The summed E-state index contributed by atoms with van der Waals surface area (Å²) in [6.07, 6.45) is 12.6. The monoisotopic (exact) mass is 430 g/mol. The lowest BCUT2D eigenvalue weighted by Crippen LogP contribution is -1.90. The Hall–Kier alpha value is -1.45. The first-order chi connectivity index (χ1) is 12.6.